The lowest BCUT2D eigenvalue weighted by atomic mass is 10.1. The van der Waals surface area contributed by atoms with Crippen molar-refractivity contribution in [2.75, 3.05) is 13.2 Å². The van der Waals surface area contributed by atoms with Crippen molar-refractivity contribution in [1.29, 1.82) is 0 Å². The van der Waals surface area contributed by atoms with E-state index in [1.807, 2.05) is 0 Å². The van der Waals surface area contributed by atoms with E-state index in [-0.39, 0.29) is 31.1 Å². The Hall–Kier alpha value is -2.11. The van der Waals surface area contributed by atoms with E-state index < -0.39 is 6.10 Å². The van der Waals surface area contributed by atoms with Gasteiger partial charge in [-0.3, -0.25) is 14.4 Å². The number of carbonyl (C=O) groups excluding carboxylic acids is 3. The summed E-state index contributed by atoms with van der Waals surface area (Å²) in [4.78, 5) is 37.7. The van der Waals surface area contributed by atoms with E-state index in [4.69, 9.17) is 14.2 Å². The van der Waals surface area contributed by atoms with Gasteiger partial charge in [-0.25, -0.2) is 0 Å². The fraction of sp³-hybridized carbons (Fsp3) is 0.857. The molecule has 0 aliphatic carbocycles. The first-order valence-electron chi connectivity index (χ1n) is 23.8. The Bertz CT molecular complexity index is 896. The molecule has 0 saturated carbocycles. The highest BCUT2D eigenvalue weighted by Crippen LogP contribution is 2.14. The number of esters is 3. The highest BCUT2D eigenvalue weighted by Gasteiger charge is 2.19. The maximum Gasteiger partial charge on any atom is 0.306 e. The summed E-state index contributed by atoms with van der Waals surface area (Å²) < 4.78 is 16.7. The normalized spacial score (nSPS) is 12.1. The highest BCUT2D eigenvalue weighted by molar-refractivity contribution is 5.71. The molecule has 0 unspecified atom stereocenters. The van der Waals surface area contributed by atoms with Crippen molar-refractivity contribution in [1.82, 2.24) is 0 Å². The molecule has 0 fully saturated rings. The van der Waals surface area contributed by atoms with Gasteiger partial charge in [0.1, 0.15) is 13.2 Å². The Morgan fingerprint density at radius 1 is 0.345 bits per heavy atom. The monoisotopic (exact) mass is 775 g/mol. The Kier molecular flexibility index (Phi) is 42.9. The van der Waals surface area contributed by atoms with E-state index in [2.05, 4.69) is 45.1 Å². The summed E-state index contributed by atoms with van der Waals surface area (Å²) in [5.41, 5.74) is 0. The van der Waals surface area contributed by atoms with Crippen molar-refractivity contribution in [3.63, 3.8) is 0 Å². The third-order valence-electron chi connectivity index (χ3n) is 10.4. The van der Waals surface area contributed by atoms with Crippen LogP contribution in [0.3, 0.4) is 0 Å². The summed E-state index contributed by atoms with van der Waals surface area (Å²) in [7, 11) is 0. The van der Waals surface area contributed by atoms with Crippen molar-refractivity contribution >= 4 is 17.9 Å². The van der Waals surface area contributed by atoms with Crippen molar-refractivity contribution < 1.29 is 28.6 Å². The minimum absolute atomic E-state index is 0.0729. The van der Waals surface area contributed by atoms with E-state index in [9.17, 15) is 14.4 Å². The molecule has 0 heterocycles. The third-order valence-corrected chi connectivity index (χ3v) is 10.4. The lowest BCUT2D eigenvalue weighted by molar-refractivity contribution is -0.167. The summed E-state index contributed by atoms with van der Waals surface area (Å²) in [6.07, 6.45) is 48.7. The standard InChI is InChI=1S/C49H90O6/c1-4-7-10-13-16-19-21-23-24-26-28-31-34-37-40-43-49(52)55-46(44-53-47(50)41-38-35-32-29-18-15-12-9-6-3)45-54-48(51)42-39-36-33-30-27-25-22-20-17-14-11-8-5-2/h19-22,46H,4-18,23-45H2,1-3H3/b21-19+,22-20+/t46-/m1/s1. The first kappa shape index (κ1) is 52.9. The topological polar surface area (TPSA) is 78.9 Å². The van der Waals surface area contributed by atoms with Gasteiger partial charge in [-0.05, 0) is 70.6 Å². The van der Waals surface area contributed by atoms with Gasteiger partial charge in [0.05, 0.1) is 0 Å². The van der Waals surface area contributed by atoms with Crippen LogP contribution in [0.4, 0.5) is 0 Å². The van der Waals surface area contributed by atoms with Crippen LogP contribution in [-0.2, 0) is 28.6 Å². The first-order valence-corrected chi connectivity index (χ1v) is 23.8. The fourth-order valence-corrected chi connectivity index (χ4v) is 6.78. The third kappa shape index (κ3) is 42.9. The van der Waals surface area contributed by atoms with Gasteiger partial charge in [0.25, 0.3) is 0 Å². The Labute approximate surface area is 341 Å². The molecule has 0 amide bonds. The molecule has 0 bridgehead atoms. The van der Waals surface area contributed by atoms with Gasteiger partial charge in [0, 0.05) is 19.3 Å². The molecule has 0 aromatic heterocycles. The summed E-state index contributed by atoms with van der Waals surface area (Å²) in [5.74, 6) is -0.883. The van der Waals surface area contributed by atoms with Crippen LogP contribution in [0.2, 0.25) is 0 Å². The second-order valence-corrected chi connectivity index (χ2v) is 16.0. The van der Waals surface area contributed by atoms with E-state index >= 15 is 0 Å². The molecule has 0 saturated heterocycles. The molecular weight excluding hydrogens is 685 g/mol. The predicted molar refractivity (Wildman–Crippen MR) is 233 cm³/mol. The molecule has 55 heavy (non-hydrogen) atoms. The SMILES string of the molecule is CCCCCC/C=C/CCCCCCCCCC(=O)O[C@@H](COC(=O)CCCCCCC/C=C/CCCCCC)COC(=O)CCCCCCCCCCC. The molecule has 0 radical (unpaired) electrons. The largest absolute Gasteiger partial charge is 0.462 e. The smallest absolute Gasteiger partial charge is 0.306 e. The lowest BCUT2D eigenvalue weighted by Crippen LogP contribution is -2.30. The summed E-state index contributed by atoms with van der Waals surface area (Å²) >= 11 is 0. The fourth-order valence-electron chi connectivity index (χ4n) is 6.78. The van der Waals surface area contributed by atoms with Gasteiger partial charge in [-0.15, -0.1) is 0 Å². The van der Waals surface area contributed by atoms with E-state index in [0.717, 1.165) is 64.2 Å². The molecule has 0 N–H and O–H groups in total. The van der Waals surface area contributed by atoms with Crippen LogP contribution >= 0.6 is 0 Å². The zero-order valence-electron chi connectivity index (χ0n) is 36.7. The van der Waals surface area contributed by atoms with Crippen LogP contribution in [0.5, 0.6) is 0 Å². The van der Waals surface area contributed by atoms with Crippen molar-refractivity contribution in [2.45, 2.75) is 258 Å². The number of rotatable bonds is 43. The number of allylic oxidation sites excluding steroid dienone is 4. The van der Waals surface area contributed by atoms with Gasteiger partial charge in [-0.1, -0.05) is 186 Å². The zero-order valence-corrected chi connectivity index (χ0v) is 36.7. The first-order chi connectivity index (χ1) is 27.0. The van der Waals surface area contributed by atoms with Gasteiger partial charge in [-0.2, -0.15) is 0 Å². The van der Waals surface area contributed by atoms with Crippen LogP contribution in [0.15, 0.2) is 24.3 Å². The van der Waals surface area contributed by atoms with Crippen molar-refractivity contribution in [3.8, 4) is 0 Å². The average Bonchev–Trinajstić information content (AvgIpc) is 3.18. The minimum atomic E-state index is -0.770. The van der Waals surface area contributed by atoms with Crippen molar-refractivity contribution in [3.05, 3.63) is 24.3 Å². The number of hydrogen-bond donors (Lipinski definition) is 0. The number of unbranched alkanes of at least 4 members (excludes halogenated alkanes) is 28. The molecule has 0 aromatic carbocycles. The molecule has 0 aromatic rings. The van der Waals surface area contributed by atoms with E-state index in [0.29, 0.717) is 19.3 Å². The van der Waals surface area contributed by atoms with Crippen LogP contribution in [-0.4, -0.2) is 37.2 Å². The number of ether oxygens (including phenoxy) is 3. The van der Waals surface area contributed by atoms with E-state index in [1.54, 1.807) is 0 Å². The van der Waals surface area contributed by atoms with Crippen LogP contribution in [0.25, 0.3) is 0 Å². The summed E-state index contributed by atoms with van der Waals surface area (Å²) in [6, 6.07) is 0. The lowest BCUT2D eigenvalue weighted by Gasteiger charge is -2.18. The summed E-state index contributed by atoms with van der Waals surface area (Å²) in [6.45, 7) is 6.59. The molecule has 0 aliphatic rings. The zero-order chi connectivity index (χ0) is 40.1. The average molecular weight is 775 g/mol. The van der Waals surface area contributed by atoms with Gasteiger partial charge >= 0.3 is 17.9 Å². The molecule has 1 atom stereocenters. The second kappa shape index (κ2) is 44.6. The molecule has 0 aliphatic heterocycles. The maximum absolute atomic E-state index is 12.7. The quantitative estimate of drug-likeness (QED) is 0.0266. The van der Waals surface area contributed by atoms with Gasteiger partial charge in [0.15, 0.2) is 6.10 Å². The molecule has 6 heteroatoms. The van der Waals surface area contributed by atoms with Crippen LogP contribution < -0.4 is 0 Å². The Morgan fingerprint density at radius 2 is 0.600 bits per heavy atom. The Morgan fingerprint density at radius 3 is 0.927 bits per heavy atom. The predicted octanol–water partition coefficient (Wildman–Crippen LogP) is 15.2. The Balaban J connectivity index is 4.34. The van der Waals surface area contributed by atoms with Crippen LogP contribution in [0.1, 0.15) is 252 Å². The second-order valence-electron chi connectivity index (χ2n) is 16.0. The number of carbonyl (C=O) groups is 3. The molecule has 322 valence electrons. The van der Waals surface area contributed by atoms with Crippen LogP contribution in [0, 0.1) is 0 Å². The van der Waals surface area contributed by atoms with E-state index in [1.165, 1.54) is 148 Å². The van der Waals surface area contributed by atoms with Crippen molar-refractivity contribution in [2.24, 2.45) is 0 Å². The number of hydrogen-bond acceptors (Lipinski definition) is 6. The van der Waals surface area contributed by atoms with Gasteiger partial charge < -0.3 is 14.2 Å². The minimum Gasteiger partial charge on any atom is -0.462 e. The molecule has 0 rings (SSSR count). The molecule has 6 nitrogen and oxygen atoms in total. The highest BCUT2D eigenvalue weighted by atomic mass is 16.6. The molecule has 0 spiro atoms. The summed E-state index contributed by atoms with van der Waals surface area (Å²) in [5, 5.41) is 0. The maximum atomic E-state index is 12.7. The van der Waals surface area contributed by atoms with Gasteiger partial charge in [0.2, 0.25) is 0 Å². The molecular formula is C49H90O6.